The van der Waals surface area contributed by atoms with E-state index in [0.29, 0.717) is 41.4 Å². The molecule has 15 heteroatoms. The number of ether oxygens (including phenoxy) is 3. The molecule has 1 aliphatic heterocycles. The Balaban J connectivity index is 1.05. The van der Waals surface area contributed by atoms with Crippen LogP contribution in [0.1, 0.15) is 63.8 Å². The highest BCUT2D eigenvalue weighted by atomic mass is 16.5. The molecule has 5 heterocycles. The fraction of sp³-hybridized carbons (Fsp3) is 0.444. The van der Waals surface area contributed by atoms with E-state index in [4.69, 9.17) is 19.3 Å². The lowest BCUT2D eigenvalue weighted by Crippen LogP contribution is -2.51. The molecule has 15 nitrogen and oxygen atoms in total. The topological polar surface area (TPSA) is 167 Å². The number of anilines is 2. The van der Waals surface area contributed by atoms with E-state index < -0.39 is 0 Å². The molecule has 5 aromatic rings. The second kappa shape index (κ2) is 15.6. The van der Waals surface area contributed by atoms with Gasteiger partial charge in [0.05, 0.1) is 42.2 Å². The number of pyridine rings is 1. The molecule has 1 aliphatic carbocycles. The van der Waals surface area contributed by atoms with Gasteiger partial charge >= 0.3 is 0 Å². The normalized spacial score (nSPS) is 21.5. The molecule has 2 aliphatic rings. The van der Waals surface area contributed by atoms with Crippen molar-refractivity contribution >= 4 is 11.6 Å². The summed E-state index contributed by atoms with van der Waals surface area (Å²) in [4.78, 5) is 16.2. The minimum absolute atomic E-state index is 0.261. The van der Waals surface area contributed by atoms with Crippen molar-refractivity contribution in [3.8, 4) is 28.8 Å². The molecule has 4 aromatic heterocycles. The molecule has 0 bridgehead atoms. The summed E-state index contributed by atoms with van der Waals surface area (Å²) in [6.07, 6.45) is 13.3. The summed E-state index contributed by atoms with van der Waals surface area (Å²) in [6.45, 7) is 8.92. The van der Waals surface area contributed by atoms with E-state index in [1.165, 1.54) is 6.33 Å². The first-order valence-corrected chi connectivity index (χ1v) is 17.4. The Morgan fingerprint density at radius 3 is 2.49 bits per heavy atom. The van der Waals surface area contributed by atoms with Crippen molar-refractivity contribution in [3.05, 3.63) is 78.8 Å². The molecule has 1 aromatic carbocycles. The molecule has 2 fully saturated rings. The summed E-state index contributed by atoms with van der Waals surface area (Å²) < 4.78 is 21.9. The van der Waals surface area contributed by atoms with Gasteiger partial charge in [0.1, 0.15) is 36.5 Å². The van der Waals surface area contributed by atoms with Crippen LogP contribution in [0.3, 0.4) is 0 Å². The van der Waals surface area contributed by atoms with Crippen LogP contribution >= 0.6 is 0 Å². The molecule has 3 atom stereocenters. The van der Waals surface area contributed by atoms with E-state index in [1.54, 1.807) is 29.3 Å². The summed E-state index contributed by atoms with van der Waals surface area (Å²) in [5.74, 6) is 1.33. The highest BCUT2D eigenvalue weighted by molar-refractivity contribution is 5.67. The minimum Gasteiger partial charge on any atom is -0.487 e. The molecular weight excluding hydrogens is 648 g/mol. The number of tetrazole rings is 1. The van der Waals surface area contributed by atoms with Gasteiger partial charge in [-0.1, -0.05) is 12.1 Å². The van der Waals surface area contributed by atoms with Gasteiger partial charge < -0.3 is 19.5 Å². The lowest BCUT2D eigenvalue weighted by molar-refractivity contribution is -0.0852. The van der Waals surface area contributed by atoms with Crippen molar-refractivity contribution in [1.82, 2.24) is 49.8 Å². The molecule has 264 valence electrons. The zero-order valence-electron chi connectivity index (χ0n) is 29.0. The van der Waals surface area contributed by atoms with Crippen LogP contribution in [0.2, 0.25) is 0 Å². The monoisotopic (exact) mass is 690 g/mol. The van der Waals surface area contributed by atoms with Gasteiger partial charge in [-0.15, -0.1) is 10.2 Å². The van der Waals surface area contributed by atoms with E-state index in [2.05, 4.69) is 60.6 Å². The minimum atomic E-state index is -0.277. The van der Waals surface area contributed by atoms with Crippen LogP contribution in [0.5, 0.6) is 11.6 Å². The summed E-state index contributed by atoms with van der Waals surface area (Å²) in [5, 5.41) is 29.1. The Morgan fingerprint density at radius 2 is 1.78 bits per heavy atom. The molecule has 0 unspecified atom stereocenters. The molecule has 1 N–H and O–H groups in total. The van der Waals surface area contributed by atoms with E-state index in [-0.39, 0.29) is 31.0 Å². The first kappa shape index (κ1) is 34.0. The Hall–Kier alpha value is -5.46. The lowest BCUT2D eigenvalue weighted by Gasteiger charge is -2.42. The predicted molar refractivity (Wildman–Crippen MR) is 187 cm³/mol. The Bertz CT molecular complexity index is 1890. The molecule has 1 saturated carbocycles. The number of morpholine rings is 1. The maximum Gasteiger partial charge on any atom is 0.257 e. The summed E-state index contributed by atoms with van der Waals surface area (Å²) >= 11 is 0. The zero-order chi connectivity index (χ0) is 35.2. The van der Waals surface area contributed by atoms with Crippen LogP contribution in [-0.2, 0) is 17.9 Å². The first-order chi connectivity index (χ1) is 24.9. The summed E-state index contributed by atoms with van der Waals surface area (Å²) in [5.41, 5.74) is 3.50. The summed E-state index contributed by atoms with van der Waals surface area (Å²) in [6, 6.07) is 14.2. The number of nitrogens with zero attached hydrogens (tertiary/aromatic N) is 11. The average molecular weight is 691 g/mol. The van der Waals surface area contributed by atoms with Gasteiger partial charge in [0.25, 0.3) is 5.88 Å². The van der Waals surface area contributed by atoms with Crippen molar-refractivity contribution in [2.75, 3.05) is 18.4 Å². The smallest absolute Gasteiger partial charge is 0.257 e. The van der Waals surface area contributed by atoms with Crippen LogP contribution in [0.4, 0.5) is 11.6 Å². The number of benzene rings is 1. The number of nitrogens with one attached hydrogen (secondary N) is 1. The lowest BCUT2D eigenvalue weighted by atomic mass is 9.89. The van der Waals surface area contributed by atoms with Crippen molar-refractivity contribution in [1.29, 1.82) is 5.26 Å². The van der Waals surface area contributed by atoms with Crippen molar-refractivity contribution in [2.45, 2.75) is 90.0 Å². The fourth-order valence-electron chi connectivity index (χ4n) is 6.92. The number of hydrogen-bond donors (Lipinski definition) is 1. The first-order valence-electron chi connectivity index (χ1n) is 17.4. The number of nitriles is 1. The standard InChI is InChI=1S/C36H42N12O3/c1-24-18-46(19-25(2)50-24)31-9-11-32(12-10-31)48-21-33(35(43-48)49-22-30-6-4-5-13-38-30)42-36-39-16-29(17-40-36)27-7-8-28(15-37)34(14-27)51-26(3)20-47-23-41-44-45-47/h4-8,13-14,16-17,21,23-26,31-32H,9-12,18-20,22H2,1-3H3,(H,39,40,42)/t24-,25+,26-,31?,32?/m0/s1. The third-order valence-corrected chi connectivity index (χ3v) is 9.28. The van der Waals surface area contributed by atoms with E-state index in [0.717, 1.165) is 55.6 Å². The predicted octanol–water partition coefficient (Wildman–Crippen LogP) is 4.98. The van der Waals surface area contributed by atoms with Crippen molar-refractivity contribution in [2.24, 2.45) is 0 Å². The Morgan fingerprint density at radius 1 is 1.00 bits per heavy atom. The maximum absolute atomic E-state index is 9.69. The van der Waals surface area contributed by atoms with Gasteiger partial charge in [0, 0.05) is 43.3 Å². The van der Waals surface area contributed by atoms with Crippen molar-refractivity contribution in [3.63, 3.8) is 0 Å². The molecule has 51 heavy (non-hydrogen) atoms. The third kappa shape index (κ3) is 8.47. The second-order valence-electron chi connectivity index (χ2n) is 13.3. The van der Waals surface area contributed by atoms with Gasteiger partial charge in [-0.05, 0) is 86.7 Å². The molecule has 0 amide bonds. The van der Waals surface area contributed by atoms with Gasteiger partial charge in [-0.2, -0.15) is 5.26 Å². The Kier molecular flexibility index (Phi) is 10.4. The number of rotatable bonds is 12. The molecule has 1 saturated heterocycles. The SMILES string of the molecule is C[C@@H]1CN(C2CCC(n3cc(Nc4ncc(-c5ccc(C#N)c(O[C@@H](C)Cn6cnnn6)c5)cn4)c(OCc4ccccn4)n3)CC2)C[C@H](C)O1. The number of aromatic nitrogens is 9. The zero-order valence-corrected chi connectivity index (χ0v) is 29.0. The van der Waals surface area contributed by atoms with Gasteiger partial charge in [0.2, 0.25) is 5.95 Å². The molecule has 7 rings (SSSR count). The highest BCUT2D eigenvalue weighted by Crippen LogP contribution is 2.36. The molecular formula is C36H42N12O3. The molecule has 0 radical (unpaired) electrons. The summed E-state index contributed by atoms with van der Waals surface area (Å²) in [7, 11) is 0. The van der Waals surface area contributed by atoms with Crippen LogP contribution < -0.4 is 14.8 Å². The quantitative estimate of drug-likeness (QED) is 0.186. The average Bonchev–Trinajstić information content (AvgIpc) is 3.81. The van der Waals surface area contributed by atoms with Gasteiger partial charge in [0.15, 0.2) is 0 Å². The van der Waals surface area contributed by atoms with Crippen LogP contribution in [0.25, 0.3) is 11.1 Å². The van der Waals surface area contributed by atoms with E-state index in [9.17, 15) is 5.26 Å². The highest BCUT2D eigenvalue weighted by Gasteiger charge is 2.32. The van der Waals surface area contributed by atoms with E-state index in [1.807, 2.05) is 48.1 Å². The van der Waals surface area contributed by atoms with Gasteiger partial charge in [-0.3, -0.25) is 14.6 Å². The second-order valence-corrected chi connectivity index (χ2v) is 13.3. The van der Waals surface area contributed by atoms with Crippen LogP contribution in [0, 0.1) is 11.3 Å². The third-order valence-electron chi connectivity index (χ3n) is 9.28. The molecule has 0 spiro atoms. The number of hydrogen-bond acceptors (Lipinski definition) is 13. The Labute approximate surface area is 296 Å². The van der Waals surface area contributed by atoms with Crippen LogP contribution in [-0.4, -0.2) is 87.3 Å². The van der Waals surface area contributed by atoms with E-state index >= 15 is 0 Å². The maximum atomic E-state index is 9.69. The van der Waals surface area contributed by atoms with Crippen LogP contribution in [0.15, 0.2) is 67.5 Å². The van der Waals surface area contributed by atoms with Gasteiger partial charge in [-0.25, -0.2) is 14.6 Å². The van der Waals surface area contributed by atoms with Crippen molar-refractivity contribution < 1.29 is 14.2 Å². The fourth-order valence-corrected chi connectivity index (χ4v) is 6.92. The largest absolute Gasteiger partial charge is 0.487 e.